The highest BCUT2D eigenvalue weighted by molar-refractivity contribution is 6.06. The summed E-state index contributed by atoms with van der Waals surface area (Å²) in [4.78, 5) is 21.9. The first-order valence-corrected chi connectivity index (χ1v) is 9.49. The number of benzene rings is 1. The zero-order chi connectivity index (χ0) is 19.3. The molecule has 1 N–H and O–H groups in total. The molecule has 0 radical (unpaired) electrons. The van der Waals surface area contributed by atoms with Crippen LogP contribution in [0.2, 0.25) is 0 Å². The summed E-state index contributed by atoms with van der Waals surface area (Å²) in [5.41, 5.74) is 3.48. The van der Waals surface area contributed by atoms with Gasteiger partial charge in [0.1, 0.15) is 6.61 Å². The number of carbonyl (C=O) groups excluding carboxylic acids is 1. The predicted molar refractivity (Wildman–Crippen MR) is 106 cm³/mol. The summed E-state index contributed by atoms with van der Waals surface area (Å²) >= 11 is 0. The summed E-state index contributed by atoms with van der Waals surface area (Å²) in [5.74, 6) is 0.938. The SMILES string of the molecule is COCCOc1ccc(CNC(=O)c2cc(C3CC3)nc3ccccc23)cn1. The van der Waals surface area contributed by atoms with E-state index < -0.39 is 0 Å². The lowest BCUT2D eigenvalue weighted by Crippen LogP contribution is -2.23. The van der Waals surface area contributed by atoms with Gasteiger partial charge in [-0.25, -0.2) is 4.98 Å². The lowest BCUT2D eigenvalue weighted by atomic mass is 10.1. The van der Waals surface area contributed by atoms with E-state index in [1.165, 1.54) is 0 Å². The summed E-state index contributed by atoms with van der Waals surface area (Å²) in [6.07, 6.45) is 4.01. The molecule has 144 valence electrons. The van der Waals surface area contributed by atoms with E-state index in [9.17, 15) is 4.79 Å². The Morgan fingerprint density at radius 2 is 2.04 bits per heavy atom. The third kappa shape index (κ3) is 4.28. The minimum Gasteiger partial charge on any atom is -0.475 e. The van der Waals surface area contributed by atoms with Crippen molar-refractivity contribution in [1.29, 1.82) is 0 Å². The summed E-state index contributed by atoms with van der Waals surface area (Å²) in [6.45, 7) is 1.37. The number of ether oxygens (including phenoxy) is 2. The standard InChI is InChI=1S/C22H23N3O3/c1-27-10-11-28-21-9-6-15(13-23-21)14-24-22(26)18-12-20(16-7-8-16)25-19-5-3-2-4-17(18)19/h2-6,9,12-13,16H,7-8,10-11,14H2,1H3,(H,24,26). The number of carbonyl (C=O) groups is 1. The van der Waals surface area contributed by atoms with E-state index in [1.54, 1.807) is 19.4 Å². The number of rotatable bonds is 8. The van der Waals surface area contributed by atoms with Crippen LogP contribution in [-0.2, 0) is 11.3 Å². The molecule has 3 aromatic rings. The van der Waals surface area contributed by atoms with E-state index in [1.807, 2.05) is 36.4 Å². The van der Waals surface area contributed by atoms with E-state index >= 15 is 0 Å². The monoisotopic (exact) mass is 377 g/mol. The van der Waals surface area contributed by atoms with E-state index in [0.717, 1.165) is 35.0 Å². The molecule has 1 saturated carbocycles. The topological polar surface area (TPSA) is 73.3 Å². The number of hydrogen-bond donors (Lipinski definition) is 1. The smallest absolute Gasteiger partial charge is 0.252 e. The molecule has 0 atom stereocenters. The molecule has 28 heavy (non-hydrogen) atoms. The molecule has 2 heterocycles. The Labute approximate surface area is 163 Å². The molecule has 1 aliphatic carbocycles. The molecule has 0 bridgehead atoms. The highest BCUT2D eigenvalue weighted by Gasteiger charge is 2.26. The van der Waals surface area contributed by atoms with Crippen LogP contribution in [0.15, 0.2) is 48.7 Å². The Balaban J connectivity index is 1.45. The normalized spacial score (nSPS) is 13.5. The van der Waals surface area contributed by atoms with E-state index in [0.29, 0.717) is 37.1 Å². The van der Waals surface area contributed by atoms with Crippen LogP contribution in [0, 0.1) is 0 Å². The van der Waals surface area contributed by atoms with Crippen LogP contribution < -0.4 is 10.1 Å². The van der Waals surface area contributed by atoms with Gasteiger partial charge < -0.3 is 14.8 Å². The Bertz CT molecular complexity index is 968. The van der Waals surface area contributed by atoms with Crippen molar-refractivity contribution in [3.8, 4) is 5.88 Å². The van der Waals surface area contributed by atoms with Gasteiger partial charge >= 0.3 is 0 Å². The fraction of sp³-hybridized carbons (Fsp3) is 0.318. The average Bonchev–Trinajstić information content (AvgIpc) is 3.58. The number of hydrogen-bond acceptors (Lipinski definition) is 5. The number of fused-ring (bicyclic) bond motifs is 1. The van der Waals surface area contributed by atoms with Crippen molar-refractivity contribution in [2.24, 2.45) is 0 Å². The molecular formula is C22H23N3O3. The van der Waals surface area contributed by atoms with Crippen molar-refractivity contribution in [3.05, 3.63) is 65.5 Å². The van der Waals surface area contributed by atoms with Gasteiger partial charge in [0.25, 0.3) is 5.91 Å². The Morgan fingerprint density at radius 1 is 1.18 bits per heavy atom. The fourth-order valence-electron chi connectivity index (χ4n) is 3.08. The lowest BCUT2D eigenvalue weighted by Gasteiger charge is -2.10. The molecule has 0 saturated heterocycles. The second kappa shape index (κ2) is 8.35. The maximum Gasteiger partial charge on any atom is 0.252 e. The zero-order valence-corrected chi connectivity index (χ0v) is 15.9. The summed E-state index contributed by atoms with van der Waals surface area (Å²) in [5, 5.41) is 3.88. The Hall–Kier alpha value is -2.99. The van der Waals surface area contributed by atoms with Gasteiger partial charge in [-0.2, -0.15) is 0 Å². The molecular weight excluding hydrogens is 354 g/mol. The van der Waals surface area contributed by atoms with Gasteiger partial charge in [0.05, 0.1) is 17.7 Å². The van der Waals surface area contributed by atoms with Crippen molar-refractivity contribution < 1.29 is 14.3 Å². The minimum atomic E-state index is -0.0964. The first-order chi connectivity index (χ1) is 13.7. The maximum absolute atomic E-state index is 12.9. The van der Waals surface area contributed by atoms with Crippen molar-refractivity contribution in [2.75, 3.05) is 20.3 Å². The number of amides is 1. The van der Waals surface area contributed by atoms with Crippen LogP contribution in [0.1, 0.15) is 40.4 Å². The van der Waals surface area contributed by atoms with Crippen molar-refractivity contribution >= 4 is 16.8 Å². The van der Waals surface area contributed by atoms with Crippen LogP contribution >= 0.6 is 0 Å². The average molecular weight is 377 g/mol. The number of para-hydroxylation sites is 1. The third-order valence-electron chi connectivity index (χ3n) is 4.76. The van der Waals surface area contributed by atoms with Crippen LogP contribution in [0.3, 0.4) is 0 Å². The molecule has 0 spiro atoms. The van der Waals surface area contributed by atoms with Gasteiger partial charge in [-0.05, 0) is 30.5 Å². The highest BCUT2D eigenvalue weighted by Crippen LogP contribution is 2.40. The van der Waals surface area contributed by atoms with E-state index in [2.05, 4.69) is 10.3 Å². The van der Waals surface area contributed by atoms with Gasteiger partial charge in [0.15, 0.2) is 0 Å². The van der Waals surface area contributed by atoms with Crippen LogP contribution in [-0.4, -0.2) is 36.2 Å². The quantitative estimate of drug-likeness (QED) is 0.609. The summed E-state index contributed by atoms with van der Waals surface area (Å²) in [6, 6.07) is 13.4. The minimum absolute atomic E-state index is 0.0964. The highest BCUT2D eigenvalue weighted by atomic mass is 16.5. The van der Waals surface area contributed by atoms with Gasteiger partial charge in [0, 0.05) is 42.9 Å². The second-order valence-electron chi connectivity index (χ2n) is 6.91. The van der Waals surface area contributed by atoms with Gasteiger partial charge in [0.2, 0.25) is 5.88 Å². The molecule has 0 aliphatic heterocycles. The molecule has 2 aromatic heterocycles. The Kier molecular flexibility index (Phi) is 5.48. The first-order valence-electron chi connectivity index (χ1n) is 9.49. The van der Waals surface area contributed by atoms with Crippen LogP contribution in [0.5, 0.6) is 5.88 Å². The molecule has 6 heteroatoms. The third-order valence-corrected chi connectivity index (χ3v) is 4.76. The molecule has 6 nitrogen and oxygen atoms in total. The number of nitrogens with zero attached hydrogens (tertiary/aromatic N) is 2. The van der Waals surface area contributed by atoms with Crippen LogP contribution in [0.25, 0.3) is 10.9 Å². The lowest BCUT2D eigenvalue weighted by molar-refractivity contribution is 0.0952. The van der Waals surface area contributed by atoms with Crippen molar-refractivity contribution in [2.45, 2.75) is 25.3 Å². The number of aromatic nitrogens is 2. The zero-order valence-electron chi connectivity index (χ0n) is 15.9. The number of pyridine rings is 2. The number of methoxy groups -OCH3 is 1. The second-order valence-corrected chi connectivity index (χ2v) is 6.91. The predicted octanol–water partition coefficient (Wildman–Crippen LogP) is 3.46. The maximum atomic E-state index is 12.9. The first kappa shape index (κ1) is 18.4. The fourth-order valence-corrected chi connectivity index (χ4v) is 3.08. The van der Waals surface area contributed by atoms with Crippen molar-refractivity contribution in [1.82, 2.24) is 15.3 Å². The molecule has 0 unspecified atom stereocenters. The van der Waals surface area contributed by atoms with E-state index in [-0.39, 0.29) is 5.91 Å². The molecule has 4 rings (SSSR count). The van der Waals surface area contributed by atoms with Gasteiger partial charge in [-0.15, -0.1) is 0 Å². The molecule has 1 amide bonds. The Morgan fingerprint density at radius 3 is 2.79 bits per heavy atom. The molecule has 1 fully saturated rings. The summed E-state index contributed by atoms with van der Waals surface area (Å²) < 4.78 is 10.4. The largest absolute Gasteiger partial charge is 0.475 e. The van der Waals surface area contributed by atoms with Crippen molar-refractivity contribution in [3.63, 3.8) is 0 Å². The van der Waals surface area contributed by atoms with Crippen LogP contribution in [0.4, 0.5) is 0 Å². The van der Waals surface area contributed by atoms with Gasteiger partial charge in [-0.1, -0.05) is 24.3 Å². The molecule has 1 aromatic carbocycles. The van der Waals surface area contributed by atoms with Gasteiger partial charge in [-0.3, -0.25) is 9.78 Å². The number of nitrogens with one attached hydrogen (secondary N) is 1. The molecule has 1 aliphatic rings. The van der Waals surface area contributed by atoms with E-state index in [4.69, 9.17) is 14.5 Å². The summed E-state index contributed by atoms with van der Waals surface area (Å²) in [7, 11) is 1.63.